The number of nitrogens with two attached hydrogens (primary N) is 1. The van der Waals surface area contributed by atoms with Gasteiger partial charge in [0.25, 0.3) is 0 Å². The molecule has 18 heavy (non-hydrogen) atoms. The first kappa shape index (κ1) is 13.6. The maximum atomic E-state index is 6.42. The van der Waals surface area contributed by atoms with Crippen LogP contribution in [0.25, 0.3) is 0 Å². The Morgan fingerprint density at radius 1 is 1.33 bits per heavy atom. The molecule has 0 saturated heterocycles. The number of hydrogen-bond acceptors (Lipinski definition) is 2. The summed E-state index contributed by atoms with van der Waals surface area (Å²) in [4.78, 5) is 0. The molecule has 2 nitrogen and oxygen atoms in total. The topological polar surface area (TPSA) is 35.2 Å². The van der Waals surface area contributed by atoms with Gasteiger partial charge in [0.15, 0.2) is 0 Å². The molecule has 2 N–H and O–H groups in total. The summed E-state index contributed by atoms with van der Waals surface area (Å²) in [5.74, 6) is 0.677. The monoisotopic (exact) mass is 247 g/mol. The van der Waals surface area contributed by atoms with E-state index in [-0.39, 0.29) is 11.6 Å². The third-order valence-corrected chi connectivity index (χ3v) is 4.13. The highest BCUT2D eigenvalue weighted by molar-refractivity contribution is 5.29. The normalized spacial score (nSPS) is 19.6. The first-order valence-corrected chi connectivity index (χ1v) is 6.97. The Morgan fingerprint density at radius 2 is 2.06 bits per heavy atom. The molecule has 1 aromatic rings. The van der Waals surface area contributed by atoms with Gasteiger partial charge in [0, 0.05) is 7.11 Å². The summed E-state index contributed by atoms with van der Waals surface area (Å²) in [6.45, 7) is 4.49. The summed E-state index contributed by atoms with van der Waals surface area (Å²) >= 11 is 0. The fraction of sp³-hybridized carbons (Fsp3) is 0.625. The quantitative estimate of drug-likeness (QED) is 0.865. The Hall–Kier alpha value is -0.860. The Bertz CT molecular complexity index is 390. The lowest BCUT2D eigenvalue weighted by atomic mass is 9.72. The van der Waals surface area contributed by atoms with Gasteiger partial charge in [-0.25, -0.2) is 0 Å². The molecule has 0 heterocycles. The molecule has 0 radical (unpaired) electrons. The molecule has 1 aromatic carbocycles. The Morgan fingerprint density at radius 3 is 2.56 bits per heavy atom. The van der Waals surface area contributed by atoms with Crippen LogP contribution in [-0.2, 0) is 11.2 Å². The van der Waals surface area contributed by atoms with Crippen LogP contribution >= 0.6 is 0 Å². The van der Waals surface area contributed by atoms with Crippen molar-refractivity contribution >= 4 is 0 Å². The number of rotatable bonds is 5. The average Bonchev–Trinajstić information content (AvgIpc) is 2.27. The Kier molecular flexibility index (Phi) is 4.08. The molecule has 0 amide bonds. The molecule has 0 aliphatic heterocycles. The van der Waals surface area contributed by atoms with Gasteiger partial charge < -0.3 is 10.5 Å². The van der Waals surface area contributed by atoms with Crippen LogP contribution in [0, 0.1) is 5.92 Å². The van der Waals surface area contributed by atoms with Crippen molar-refractivity contribution in [3.05, 3.63) is 35.4 Å². The lowest BCUT2D eigenvalue weighted by Gasteiger charge is -2.45. The summed E-state index contributed by atoms with van der Waals surface area (Å²) in [5, 5.41) is 0. The molecule has 1 aliphatic carbocycles. The number of hydrogen-bond donors (Lipinski definition) is 1. The van der Waals surface area contributed by atoms with Crippen LogP contribution in [0.5, 0.6) is 0 Å². The summed E-state index contributed by atoms with van der Waals surface area (Å²) in [5.41, 5.74) is 8.90. The average molecular weight is 247 g/mol. The minimum atomic E-state index is -0.115. The minimum absolute atomic E-state index is 0.00311. The number of methoxy groups -OCH3 is 1. The molecule has 2 heteroatoms. The second kappa shape index (κ2) is 5.41. The van der Waals surface area contributed by atoms with E-state index >= 15 is 0 Å². The Labute approximate surface area is 111 Å². The van der Waals surface area contributed by atoms with E-state index in [4.69, 9.17) is 10.5 Å². The summed E-state index contributed by atoms with van der Waals surface area (Å²) < 4.78 is 5.69. The van der Waals surface area contributed by atoms with Gasteiger partial charge >= 0.3 is 0 Å². The van der Waals surface area contributed by atoms with Gasteiger partial charge in [-0.15, -0.1) is 0 Å². The van der Waals surface area contributed by atoms with Crippen molar-refractivity contribution in [3.8, 4) is 0 Å². The summed E-state index contributed by atoms with van der Waals surface area (Å²) in [6.07, 6.45) is 4.51. The predicted molar refractivity (Wildman–Crippen MR) is 75.5 cm³/mol. The molecule has 0 aromatic heterocycles. The van der Waals surface area contributed by atoms with Crippen molar-refractivity contribution < 1.29 is 4.74 Å². The van der Waals surface area contributed by atoms with Crippen molar-refractivity contribution in [2.75, 3.05) is 7.11 Å². The summed E-state index contributed by atoms with van der Waals surface area (Å²) in [7, 11) is 1.79. The van der Waals surface area contributed by atoms with Gasteiger partial charge in [-0.2, -0.15) is 0 Å². The zero-order valence-corrected chi connectivity index (χ0v) is 11.8. The van der Waals surface area contributed by atoms with E-state index in [1.54, 1.807) is 7.11 Å². The van der Waals surface area contributed by atoms with Crippen LogP contribution < -0.4 is 5.73 Å². The van der Waals surface area contributed by atoms with E-state index in [0.29, 0.717) is 5.92 Å². The zero-order valence-electron chi connectivity index (χ0n) is 11.8. The molecular weight excluding hydrogens is 222 g/mol. The standard InChI is InChI=1S/C16H25NO/c1-12(2)10-13-6-4-7-14(11-13)15(17)16(18-3)8-5-9-16/h4,6-7,11-12,15H,5,8-10,17H2,1-3H3. The second-order valence-corrected chi connectivity index (χ2v) is 5.94. The fourth-order valence-electron chi connectivity index (χ4n) is 2.86. The fourth-order valence-corrected chi connectivity index (χ4v) is 2.86. The van der Waals surface area contributed by atoms with Gasteiger partial charge in [0.2, 0.25) is 0 Å². The van der Waals surface area contributed by atoms with Gasteiger partial charge in [-0.3, -0.25) is 0 Å². The second-order valence-electron chi connectivity index (χ2n) is 5.94. The molecule has 1 fully saturated rings. The van der Waals surface area contributed by atoms with Crippen LogP contribution in [0.3, 0.4) is 0 Å². The zero-order chi connectivity index (χ0) is 13.2. The first-order chi connectivity index (χ1) is 8.57. The van der Waals surface area contributed by atoms with Crippen LogP contribution in [0.1, 0.15) is 50.3 Å². The predicted octanol–water partition coefficient (Wildman–Crippen LogP) is 3.45. The van der Waals surface area contributed by atoms with Crippen molar-refractivity contribution in [1.29, 1.82) is 0 Å². The first-order valence-electron chi connectivity index (χ1n) is 6.97. The van der Waals surface area contributed by atoms with Crippen molar-refractivity contribution in [2.24, 2.45) is 11.7 Å². The number of benzene rings is 1. The molecule has 1 atom stereocenters. The SMILES string of the molecule is COC1(C(N)c2cccc(CC(C)C)c2)CCC1. The molecule has 1 saturated carbocycles. The Balaban J connectivity index is 2.17. The maximum absolute atomic E-state index is 6.42. The van der Waals surface area contributed by atoms with Crippen LogP contribution in [0.4, 0.5) is 0 Å². The lowest BCUT2D eigenvalue weighted by Crippen LogP contribution is -2.48. The molecule has 2 rings (SSSR count). The minimum Gasteiger partial charge on any atom is -0.376 e. The molecule has 100 valence electrons. The van der Waals surface area contributed by atoms with E-state index in [2.05, 4.69) is 38.1 Å². The highest BCUT2D eigenvalue weighted by Gasteiger charge is 2.43. The molecular formula is C16H25NO. The molecule has 0 bridgehead atoms. The van der Waals surface area contributed by atoms with Crippen molar-refractivity contribution in [2.45, 2.75) is 51.2 Å². The van der Waals surface area contributed by atoms with E-state index < -0.39 is 0 Å². The van der Waals surface area contributed by atoms with Crippen LogP contribution in [0.15, 0.2) is 24.3 Å². The molecule has 1 aliphatic rings. The van der Waals surface area contributed by atoms with Crippen molar-refractivity contribution in [1.82, 2.24) is 0 Å². The number of ether oxygens (including phenoxy) is 1. The van der Waals surface area contributed by atoms with Gasteiger partial charge in [0.05, 0.1) is 11.6 Å². The largest absolute Gasteiger partial charge is 0.376 e. The molecule has 0 spiro atoms. The van der Waals surface area contributed by atoms with Gasteiger partial charge in [0.1, 0.15) is 0 Å². The van der Waals surface area contributed by atoms with Gasteiger partial charge in [-0.1, -0.05) is 38.1 Å². The summed E-state index contributed by atoms with van der Waals surface area (Å²) in [6, 6.07) is 8.70. The van der Waals surface area contributed by atoms with Crippen LogP contribution in [0.2, 0.25) is 0 Å². The highest BCUT2D eigenvalue weighted by Crippen LogP contribution is 2.43. The lowest BCUT2D eigenvalue weighted by molar-refractivity contribution is -0.0911. The third-order valence-electron chi connectivity index (χ3n) is 4.13. The van der Waals surface area contributed by atoms with Crippen LogP contribution in [-0.4, -0.2) is 12.7 Å². The van der Waals surface area contributed by atoms with E-state index in [1.165, 1.54) is 17.5 Å². The van der Waals surface area contributed by atoms with E-state index in [0.717, 1.165) is 19.3 Å². The molecule has 1 unspecified atom stereocenters. The smallest absolute Gasteiger partial charge is 0.0870 e. The van der Waals surface area contributed by atoms with Crippen molar-refractivity contribution in [3.63, 3.8) is 0 Å². The third kappa shape index (κ3) is 2.60. The highest BCUT2D eigenvalue weighted by atomic mass is 16.5. The van der Waals surface area contributed by atoms with E-state index in [9.17, 15) is 0 Å². The van der Waals surface area contributed by atoms with E-state index in [1.807, 2.05) is 0 Å². The maximum Gasteiger partial charge on any atom is 0.0870 e. The van der Waals surface area contributed by atoms with Gasteiger partial charge in [-0.05, 0) is 42.7 Å².